The molecule has 1 heterocycles. The summed E-state index contributed by atoms with van der Waals surface area (Å²) in [6.45, 7) is 0.816. The molecule has 6 nitrogen and oxygen atoms in total. The Labute approximate surface area is 199 Å². The van der Waals surface area contributed by atoms with E-state index in [1.54, 1.807) is 48.5 Å². The fraction of sp³-hybridized carbons (Fsp3) is 0.192. The van der Waals surface area contributed by atoms with E-state index in [1.165, 1.54) is 0 Å². The van der Waals surface area contributed by atoms with Gasteiger partial charge in [-0.05, 0) is 53.9 Å². The van der Waals surface area contributed by atoms with Gasteiger partial charge in [-0.3, -0.25) is 4.79 Å². The highest BCUT2D eigenvalue weighted by Gasteiger charge is 2.27. The van der Waals surface area contributed by atoms with E-state index in [1.807, 2.05) is 31.2 Å². The maximum atomic E-state index is 12.5. The molecule has 0 aliphatic heterocycles. The van der Waals surface area contributed by atoms with Gasteiger partial charge in [-0.15, -0.1) is 10.2 Å². The van der Waals surface area contributed by atoms with Crippen molar-refractivity contribution in [3.63, 3.8) is 0 Å². The molecule has 1 N–H and O–H groups in total. The molecular formula is C26H22F3N3O3. The summed E-state index contributed by atoms with van der Waals surface area (Å²) in [7, 11) is 0. The Hall–Kier alpha value is -3.98. The standard InChI is InChI=1S/C26H22F3N3O3/c1-17-4-2-3-5-22(17)25-32-31-24(35-25)21-12-10-20(11-13-21)23(33)30-14-18-6-8-19(9-7-18)15-34-16-26(27,28)29/h2-13H,14-16H2,1H3,(H,30,33). The Morgan fingerprint density at radius 3 is 2.26 bits per heavy atom. The number of nitrogens with zero attached hydrogens (tertiary/aromatic N) is 2. The highest BCUT2D eigenvalue weighted by molar-refractivity contribution is 5.94. The second-order valence-electron chi connectivity index (χ2n) is 7.91. The van der Waals surface area contributed by atoms with Crippen LogP contribution >= 0.6 is 0 Å². The Morgan fingerprint density at radius 2 is 1.57 bits per heavy atom. The van der Waals surface area contributed by atoms with Crippen molar-refractivity contribution in [1.29, 1.82) is 0 Å². The van der Waals surface area contributed by atoms with Crippen molar-refractivity contribution < 1.29 is 27.1 Å². The first kappa shape index (κ1) is 24.2. The van der Waals surface area contributed by atoms with Gasteiger partial charge < -0.3 is 14.5 Å². The molecule has 4 rings (SSSR count). The summed E-state index contributed by atoms with van der Waals surface area (Å²) >= 11 is 0. The van der Waals surface area contributed by atoms with Crippen molar-refractivity contribution in [2.45, 2.75) is 26.3 Å². The molecule has 0 bridgehead atoms. The lowest BCUT2D eigenvalue weighted by Crippen LogP contribution is -2.22. The Kier molecular flexibility index (Phi) is 7.26. The second-order valence-corrected chi connectivity index (χ2v) is 7.91. The van der Waals surface area contributed by atoms with Gasteiger partial charge in [0.25, 0.3) is 5.91 Å². The molecule has 0 spiro atoms. The fourth-order valence-corrected chi connectivity index (χ4v) is 3.35. The topological polar surface area (TPSA) is 77.2 Å². The number of alkyl halides is 3. The summed E-state index contributed by atoms with van der Waals surface area (Å²) in [5, 5.41) is 11.1. The number of ether oxygens (including phenoxy) is 1. The first-order valence-electron chi connectivity index (χ1n) is 10.8. The van der Waals surface area contributed by atoms with Crippen LogP contribution in [0, 0.1) is 6.92 Å². The van der Waals surface area contributed by atoms with Crippen LogP contribution in [0.5, 0.6) is 0 Å². The van der Waals surface area contributed by atoms with Crippen LogP contribution in [0.2, 0.25) is 0 Å². The maximum Gasteiger partial charge on any atom is 0.411 e. The zero-order valence-electron chi connectivity index (χ0n) is 18.8. The predicted octanol–water partition coefficient (Wildman–Crippen LogP) is 5.72. The first-order chi connectivity index (χ1) is 16.8. The fourth-order valence-electron chi connectivity index (χ4n) is 3.35. The van der Waals surface area contributed by atoms with E-state index in [2.05, 4.69) is 20.3 Å². The van der Waals surface area contributed by atoms with E-state index in [0.717, 1.165) is 16.7 Å². The van der Waals surface area contributed by atoms with Crippen molar-refractivity contribution in [2.75, 3.05) is 6.61 Å². The predicted molar refractivity (Wildman–Crippen MR) is 123 cm³/mol. The Bertz CT molecular complexity index is 1280. The molecule has 0 radical (unpaired) electrons. The van der Waals surface area contributed by atoms with Crippen LogP contribution in [0.3, 0.4) is 0 Å². The Morgan fingerprint density at radius 1 is 0.914 bits per heavy atom. The minimum absolute atomic E-state index is 0.134. The number of aromatic nitrogens is 2. The third-order valence-electron chi connectivity index (χ3n) is 5.21. The molecule has 0 saturated heterocycles. The van der Waals surface area contributed by atoms with E-state index in [4.69, 9.17) is 4.42 Å². The van der Waals surface area contributed by atoms with Gasteiger partial charge in [-0.2, -0.15) is 13.2 Å². The van der Waals surface area contributed by atoms with E-state index in [9.17, 15) is 18.0 Å². The smallest absolute Gasteiger partial charge is 0.411 e. The zero-order chi connectivity index (χ0) is 24.8. The normalized spacial score (nSPS) is 11.4. The molecule has 0 unspecified atom stereocenters. The van der Waals surface area contributed by atoms with Crippen molar-refractivity contribution in [3.05, 3.63) is 95.1 Å². The quantitative estimate of drug-likeness (QED) is 0.348. The highest BCUT2D eigenvalue weighted by atomic mass is 19.4. The minimum Gasteiger partial charge on any atom is -0.416 e. The minimum atomic E-state index is -4.35. The summed E-state index contributed by atoms with van der Waals surface area (Å²) in [4.78, 5) is 12.5. The number of benzene rings is 3. The van der Waals surface area contributed by atoms with Gasteiger partial charge in [-0.1, -0.05) is 42.5 Å². The van der Waals surface area contributed by atoms with Crippen LogP contribution in [0.1, 0.15) is 27.0 Å². The van der Waals surface area contributed by atoms with E-state index < -0.39 is 12.8 Å². The van der Waals surface area contributed by atoms with Crippen LogP contribution in [0.15, 0.2) is 77.2 Å². The largest absolute Gasteiger partial charge is 0.416 e. The maximum absolute atomic E-state index is 12.5. The van der Waals surface area contributed by atoms with Gasteiger partial charge in [0.1, 0.15) is 6.61 Å². The van der Waals surface area contributed by atoms with Gasteiger partial charge in [-0.25, -0.2) is 0 Å². The van der Waals surface area contributed by atoms with Crippen LogP contribution in [-0.2, 0) is 17.9 Å². The molecule has 0 aliphatic carbocycles. The van der Waals surface area contributed by atoms with E-state index in [0.29, 0.717) is 28.5 Å². The number of hydrogen-bond acceptors (Lipinski definition) is 5. The molecule has 0 aliphatic rings. The lowest BCUT2D eigenvalue weighted by atomic mass is 10.1. The van der Waals surface area contributed by atoms with E-state index in [-0.39, 0.29) is 19.1 Å². The molecule has 9 heteroatoms. The SMILES string of the molecule is Cc1ccccc1-c1nnc(-c2ccc(C(=O)NCc3ccc(COCC(F)(F)F)cc3)cc2)o1. The van der Waals surface area contributed by atoms with Gasteiger partial charge in [0.15, 0.2) is 0 Å². The third-order valence-corrected chi connectivity index (χ3v) is 5.21. The van der Waals surface area contributed by atoms with Crippen molar-refractivity contribution in [1.82, 2.24) is 15.5 Å². The number of amides is 1. The molecule has 3 aromatic carbocycles. The summed E-state index contributed by atoms with van der Waals surface area (Å²) < 4.78 is 46.9. The number of nitrogens with one attached hydrogen (secondary N) is 1. The second kappa shape index (κ2) is 10.5. The zero-order valence-corrected chi connectivity index (χ0v) is 18.8. The van der Waals surface area contributed by atoms with Gasteiger partial charge >= 0.3 is 6.18 Å². The summed E-state index contributed by atoms with van der Waals surface area (Å²) in [5.41, 5.74) is 4.47. The number of halogens is 3. The summed E-state index contributed by atoms with van der Waals surface area (Å²) in [6.07, 6.45) is -4.35. The molecule has 0 atom stereocenters. The summed E-state index contributed by atoms with van der Waals surface area (Å²) in [6, 6.07) is 21.3. The molecule has 180 valence electrons. The van der Waals surface area contributed by atoms with Crippen LogP contribution in [0.4, 0.5) is 13.2 Å². The monoisotopic (exact) mass is 481 g/mol. The summed E-state index contributed by atoms with van der Waals surface area (Å²) in [5.74, 6) is 0.521. The van der Waals surface area contributed by atoms with Gasteiger partial charge in [0, 0.05) is 23.2 Å². The lowest BCUT2D eigenvalue weighted by molar-refractivity contribution is -0.176. The Balaban J connectivity index is 1.31. The van der Waals surface area contributed by atoms with E-state index >= 15 is 0 Å². The number of aryl methyl sites for hydroxylation is 1. The van der Waals surface area contributed by atoms with Crippen LogP contribution in [-0.4, -0.2) is 28.9 Å². The average molecular weight is 481 g/mol. The molecule has 0 saturated carbocycles. The van der Waals surface area contributed by atoms with Crippen LogP contribution < -0.4 is 5.32 Å². The first-order valence-corrected chi connectivity index (χ1v) is 10.8. The van der Waals surface area contributed by atoms with Crippen molar-refractivity contribution in [3.8, 4) is 22.9 Å². The number of carbonyl (C=O) groups is 1. The van der Waals surface area contributed by atoms with Crippen molar-refractivity contribution >= 4 is 5.91 Å². The number of hydrogen-bond donors (Lipinski definition) is 1. The molecule has 1 amide bonds. The number of carbonyl (C=O) groups excluding carboxylic acids is 1. The van der Waals surface area contributed by atoms with Crippen molar-refractivity contribution in [2.24, 2.45) is 0 Å². The van der Waals surface area contributed by atoms with Gasteiger partial charge in [0.05, 0.1) is 6.61 Å². The molecule has 1 aromatic heterocycles. The van der Waals surface area contributed by atoms with Crippen LogP contribution in [0.25, 0.3) is 22.9 Å². The lowest BCUT2D eigenvalue weighted by Gasteiger charge is -2.09. The molecule has 35 heavy (non-hydrogen) atoms. The molecular weight excluding hydrogens is 459 g/mol. The average Bonchev–Trinajstić information content (AvgIpc) is 3.33. The number of rotatable bonds is 8. The molecule has 0 fully saturated rings. The molecule has 4 aromatic rings. The van der Waals surface area contributed by atoms with Gasteiger partial charge in [0.2, 0.25) is 11.8 Å². The third kappa shape index (κ3) is 6.54. The highest BCUT2D eigenvalue weighted by Crippen LogP contribution is 2.26.